The van der Waals surface area contributed by atoms with Crippen LogP contribution in [0.15, 0.2) is 53.4 Å². The fourth-order valence-corrected chi connectivity index (χ4v) is 6.08. The minimum Gasteiger partial charge on any atom is -0.462 e. The van der Waals surface area contributed by atoms with E-state index in [9.17, 15) is 19.2 Å². The molecule has 0 bridgehead atoms. The van der Waals surface area contributed by atoms with Crippen molar-refractivity contribution in [2.75, 3.05) is 29.9 Å². The first-order chi connectivity index (χ1) is 19.3. The van der Waals surface area contributed by atoms with Crippen LogP contribution in [0.2, 0.25) is 0 Å². The molecule has 1 fully saturated rings. The van der Waals surface area contributed by atoms with Crippen LogP contribution in [-0.2, 0) is 19.1 Å². The molecule has 1 saturated heterocycles. The summed E-state index contributed by atoms with van der Waals surface area (Å²) in [6.07, 6.45) is 6.59. The highest BCUT2D eigenvalue weighted by molar-refractivity contribution is 8.26. The normalized spacial score (nSPS) is 16.5. The van der Waals surface area contributed by atoms with Crippen LogP contribution < -0.4 is 10.2 Å². The van der Waals surface area contributed by atoms with Crippen LogP contribution in [0.25, 0.3) is 5.57 Å². The number of anilines is 2. The predicted molar refractivity (Wildman–Crippen MR) is 162 cm³/mol. The summed E-state index contributed by atoms with van der Waals surface area (Å²) in [4.78, 5) is 55.1. The van der Waals surface area contributed by atoms with Crippen molar-refractivity contribution in [3.63, 3.8) is 0 Å². The highest BCUT2D eigenvalue weighted by atomic mass is 32.2. The number of nitrogens with one attached hydrogen (secondary N) is 1. The Kier molecular flexibility index (Phi) is 10.1. The number of thiocarbonyl (C=S) groups is 1. The predicted octanol–water partition coefficient (Wildman–Crippen LogP) is 5.78. The molecule has 0 radical (unpaired) electrons. The molecule has 8 nitrogen and oxygen atoms in total. The second-order valence-corrected chi connectivity index (χ2v) is 11.2. The molecular formula is C30H33N3O5S2. The van der Waals surface area contributed by atoms with Gasteiger partial charge in [0, 0.05) is 17.8 Å². The monoisotopic (exact) mass is 579 g/mol. The summed E-state index contributed by atoms with van der Waals surface area (Å²) in [6, 6.07) is 13.5. The second-order valence-electron chi connectivity index (χ2n) is 9.55. The lowest BCUT2D eigenvalue weighted by Crippen LogP contribution is -2.35. The Labute approximate surface area is 244 Å². The van der Waals surface area contributed by atoms with E-state index in [1.165, 1.54) is 24.2 Å². The highest BCUT2D eigenvalue weighted by Crippen LogP contribution is 2.44. The number of ether oxygens (including phenoxy) is 1. The molecule has 0 aliphatic carbocycles. The number of benzene rings is 2. The van der Waals surface area contributed by atoms with E-state index in [4.69, 9.17) is 17.0 Å². The Bertz CT molecular complexity index is 1340. The number of fused-ring (bicyclic) bond motifs is 1. The summed E-state index contributed by atoms with van der Waals surface area (Å²) >= 11 is 6.67. The van der Waals surface area contributed by atoms with Crippen LogP contribution in [0.3, 0.4) is 0 Å². The van der Waals surface area contributed by atoms with Gasteiger partial charge < -0.3 is 10.1 Å². The quantitative estimate of drug-likeness (QED) is 0.147. The Hall–Kier alpha value is -3.50. The van der Waals surface area contributed by atoms with Crippen molar-refractivity contribution >= 4 is 68.9 Å². The number of unbranched alkanes of at least 4 members (excludes halogenated alkanes) is 5. The third kappa shape index (κ3) is 6.62. The maximum absolute atomic E-state index is 13.6. The fourth-order valence-electron chi connectivity index (χ4n) is 4.70. The van der Waals surface area contributed by atoms with Crippen molar-refractivity contribution in [3.8, 4) is 0 Å². The minimum absolute atomic E-state index is 0.239. The van der Waals surface area contributed by atoms with E-state index in [2.05, 4.69) is 12.2 Å². The van der Waals surface area contributed by atoms with E-state index in [0.29, 0.717) is 38.3 Å². The smallest absolute Gasteiger partial charge is 0.338 e. The zero-order valence-electron chi connectivity index (χ0n) is 22.7. The maximum atomic E-state index is 13.6. The fraction of sp³-hybridized carbons (Fsp3) is 0.367. The van der Waals surface area contributed by atoms with Crippen LogP contribution in [0.5, 0.6) is 0 Å². The largest absolute Gasteiger partial charge is 0.462 e. The number of esters is 1. The Morgan fingerprint density at radius 1 is 0.900 bits per heavy atom. The molecule has 1 N–H and O–H groups in total. The second kappa shape index (κ2) is 13.7. The molecule has 2 aromatic rings. The van der Waals surface area contributed by atoms with Crippen LogP contribution in [-0.4, -0.2) is 52.6 Å². The molecule has 0 aromatic heterocycles. The van der Waals surface area contributed by atoms with Crippen molar-refractivity contribution < 1.29 is 23.9 Å². The van der Waals surface area contributed by atoms with Crippen LogP contribution >= 0.6 is 24.0 Å². The highest BCUT2D eigenvalue weighted by Gasteiger charge is 2.42. The van der Waals surface area contributed by atoms with Gasteiger partial charge in [0.1, 0.15) is 10.9 Å². The van der Waals surface area contributed by atoms with Gasteiger partial charge in [0.25, 0.3) is 11.8 Å². The number of amides is 3. The summed E-state index contributed by atoms with van der Waals surface area (Å²) in [5, 5.41) is 2.76. The first-order valence-corrected chi connectivity index (χ1v) is 14.8. The molecule has 2 aliphatic heterocycles. The van der Waals surface area contributed by atoms with Crippen molar-refractivity contribution in [1.82, 2.24) is 4.90 Å². The number of carbonyl (C=O) groups excluding carboxylic acids is 4. The summed E-state index contributed by atoms with van der Waals surface area (Å²) in [6.45, 7) is 4.47. The van der Waals surface area contributed by atoms with Gasteiger partial charge in [-0.25, -0.2) is 4.79 Å². The zero-order chi connectivity index (χ0) is 28.6. The van der Waals surface area contributed by atoms with Crippen LogP contribution in [0.4, 0.5) is 11.4 Å². The van der Waals surface area contributed by atoms with Gasteiger partial charge in [-0.3, -0.25) is 24.2 Å². The lowest BCUT2D eigenvalue weighted by molar-refractivity contribution is -0.122. The van der Waals surface area contributed by atoms with Gasteiger partial charge in [0.05, 0.1) is 28.3 Å². The van der Waals surface area contributed by atoms with Gasteiger partial charge >= 0.3 is 5.97 Å². The third-order valence-corrected chi connectivity index (χ3v) is 8.16. The summed E-state index contributed by atoms with van der Waals surface area (Å²) < 4.78 is 5.43. The molecule has 2 aliphatic rings. The van der Waals surface area contributed by atoms with E-state index >= 15 is 0 Å². The van der Waals surface area contributed by atoms with Gasteiger partial charge in [0.2, 0.25) is 5.91 Å². The minimum atomic E-state index is -0.440. The van der Waals surface area contributed by atoms with Crippen LogP contribution in [0, 0.1) is 0 Å². The molecule has 210 valence electrons. The van der Waals surface area contributed by atoms with Gasteiger partial charge in [0.15, 0.2) is 0 Å². The topological polar surface area (TPSA) is 96.0 Å². The molecule has 10 heteroatoms. The molecule has 0 atom stereocenters. The average molecular weight is 580 g/mol. The number of carbonyl (C=O) groups is 4. The number of thioether (sulfide) groups is 1. The van der Waals surface area contributed by atoms with Crippen molar-refractivity contribution in [2.45, 2.75) is 52.4 Å². The number of nitrogens with zero attached hydrogens (tertiary/aromatic N) is 2. The number of hydrogen-bond acceptors (Lipinski definition) is 7. The molecule has 0 saturated carbocycles. The molecule has 3 amide bonds. The van der Waals surface area contributed by atoms with E-state index in [0.717, 1.165) is 31.0 Å². The molecule has 2 heterocycles. The number of rotatable bonds is 12. The summed E-state index contributed by atoms with van der Waals surface area (Å²) in [5.41, 5.74) is 2.32. The SMILES string of the molecule is CCCCCCCCN1C(=O)/C(=C2/C(=O)N(CC(=O)Nc3ccc(C(=O)OCC)cc3)c3ccccc32)SC1=S. The zero-order valence-corrected chi connectivity index (χ0v) is 24.4. The standard InChI is InChI=1S/C30H33N3O5S2/c1-3-5-6-7-8-11-18-32-28(36)26(40-30(32)39)25-22-12-9-10-13-23(22)33(27(25)35)19-24(34)31-21-16-14-20(15-17-21)29(37)38-4-2/h9-10,12-17H,3-8,11,18-19H2,1-2H3,(H,31,34)/b26-25-. The summed E-state index contributed by atoms with van der Waals surface area (Å²) in [7, 11) is 0. The Balaban J connectivity index is 1.46. The van der Waals surface area contributed by atoms with Crippen LogP contribution in [0.1, 0.15) is 68.3 Å². The van der Waals surface area contributed by atoms with E-state index in [1.54, 1.807) is 60.4 Å². The van der Waals surface area contributed by atoms with E-state index in [1.807, 2.05) is 0 Å². The maximum Gasteiger partial charge on any atom is 0.338 e. The summed E-state index contributed by atoms with van der Waals surface area (Å²) in [5.74, 6) is -1.52. The van der Waals surface area contributed by atoms with Gasteiger partial charge in [-0.1, -0.05) is 81.2 Å². The molecule has 0 spiro atoms. The van der Waals surface area contributed by atoms with Gasteiger partial charge in [-0.15, -0.1) is 0 Å². The van der Waals surface area contributed by atoms with Gasteiger partial charge in [-0.05, 0) is 43.7 Å². The lowest BCUT2D eigenvalue weighted by Gasteiger charge is -2.17. The molecule has 4 rings (SSSR count). The number of hydrogen-bond donors (Lipinski definition) is 1. The molecule has 2 aromatic carbocycles. The first-order valence-electron chi connectivity index (χ1n) is 13.6. The first kappa shape index (κ1) is 29.5. The van der Waals surface area contributed by atoms with Crippen molar-refractivity contribution in [2.24, 2.45) is 0 Å². The third-order valence-electron chi connectivity index (χ3n) is 6.72. The van der Waals surface area contributed by atoms with Crippen molar-refractivity contribution in [3.05, 3.63) is 64.6 Å². The Morgan fingerprint density at radius 3 is 2.33 bits per heavy atom. The number of para-hydroxylation sites is 1. The van der Waals surface area contributed by atoms with Crippen molar-refractivity contribution in [1.29, 1.82) is 0 Å². The van der Waals surface area contributed by atoms with E-state index < -0.39 is 17.8 Å². The molecule has 40 heavy (non-hydrogen) atoms. The molecular weight excluding hydrogens is 546 g/mol. The molecule has 0 unspecified atom stereocenters. The van der Waals surface area contributed by atoms with Gasteiger partial charge in [-0.2, -0.15) is 0 Å². The lowest BCUT2D eigenvalue weighted by atomic mass is 10.1. The Morgan fingerprint density at radius 2 is 1.60 bits per heavy atom. The van der Waals surface area contributed by atoms with E-state index in [-0.39, 0.29) is 24.6 Å². The average Bonchev–Trinajstić information content (AvgIpc) is 3.37.